The molecule has 0 aliphatic carbocycles. The highest BCUT2D eigenvalue weighted by molar-refractivity contribution is 5.22. The van der Waals surface area contributed by atoms with E-state index in [-0.39, 0.29) is 0 Å². The van der Waals surface area contributed by atoms with Crippen LogP contribution in [0.5, 0.6) is 0 Å². The van der Waals surface area contributed by atoms with Gasteiger partial charge in [0.15, 0.2) is 0 Å². The van der Waals surface area contributed by atoms with Crippen molar-refractivity contribution >= 4 is 0 Å². The highest BCUT2D eigenvalue weighted by atomic mass is 15.0. The lowest BCUT2D eigenvalue weighted by Crippen LogP contribution is -2.14. The van der Waals surface area contributed by atoms with E-state index in [1.54, 1.807) is 0 Å². The molecule has 0 N–H and O–H groups in total. The van der Waals surface area contributed by atoms with Crippen molar-refractivity contribution in [3.63, 3.8) is 0 Å². The molecule has 1 aromatic rings. The van der Waals surface area contributed by atoms with Crippen LogP contribution in [0.25, 0.3) is 0 Å². The molecule has 0 aliphatic rings. The fourth-order valence-electron chi connectivity index (χ4n) is 1.51. The smallest absolute Gasteiger partial charge is 0.00157 e. The standard InChI is InChI=1S/C13H21N/c1-4-5-12-6-8-13(9-7-12)10-11-14(2)3/h6-9H,4-5,10-11H2,1-3H3. The van der Waals surface area contributed by atoms with Crippen molar-refractivity contribution in [2.75, 3.05) is 20.6 Å². The van der Waals surface area contributed by atoms with Crippen LogP contribution in [0, 0.1) is 0 Å². The number of nitrogens with zero attached hydrogens (tertiary/aromatic N) is 1. The number of rotatable bonds is 5. The fourth-order valence-corrected chi connectivity index (χ4v) is 1.51. The second-order valence-corrected chi connectivity index (χ2v) is 4.12. The molecule has 0 heterocycles. The summed E-state index contributed by atoms with van der Waals surface area (Å²) in [6.45, 7) is 3.35. The first-order chi connectivity index (χ1) is 6.72. The molecule has 0 amide bonds. The first kappa shape index (κ1) is 11.3. The van der Waals surface area contributed by atoms with Crippen molar-refractivity contribution in [3.8, 4) is 0 Å². The van der Waals surface area contributed by atoms with Gasteiger partial charge in [0.05, 0.1) is 0 Å². The van der Waals surface area contributed by atoms with Crippen LogP contribution in [-0.2, 0) is 12.8 Å². The van der Waals surface area contributed by atoms with E-state index in [1.807, 2.05) is 0 Å². The van der Waals surface area contributed by atoms with Crippen LogP contribution < -0.4 is 0 Å². The van der Waals surface area contributed by atoms with E-state index in [9.17, 15) is 0 Å². The molecule has 0 bridgehead atoms. The lowest BCUT2D eigenvalue weighted by Gasteiger charge is -2.09. The quantitative estimate of drug-likeness (QED) is 0.691. The van der Waals surface area contributed by atoms with Crippen molar-refractivity contribution in [2.45, 2.75) is 26.2 Å². The first-order valence-corrected chi connectivity index (χ1v) is 5.45. The number of aryl methyl sites for hydroxylation is 1. The van der Waals surface area contributed by atoms with Gasteiger partial charge in [-0.15, -0.1) is 0 Å². The van der Waals surface area contributed by atoms with Crippen LogP contribution in [0.1, 0.15) is 24.5 Å². The Bertz CT molecular complexity index is 248. The zero-order valence-corrected chi connectivity index (χ0v) is 9.59. The van der Waals surface area contributed by atoms with Crippen LogP contribution in [0.15, 0.2) is 24.3 Å². The van der Waals surface area contributed by atoms with Gasteiger partial charge in [-0.25, -0.2) is 0 Å². The third-order valence-electron chi connectivity index (χ3n) is 2.41. The third-order valence-corrected chi connectivity index (χ3v) is 2.41. The normalized spacial score (nSPS) is 10.9. The summed E-state index contributed by atoms with van der Waals surface area (Å²) in [5.74, 6) is 0. The van der Waals surface area contributed by atoms with Gasteiger partial charge in [0.2, 0.25) is 0 Å². The molecule has 0 radical (unpaired) electrons. The van der Waals surface area contributed by atoms with E-state index in [4.69, 9.17) is 0 Å². The summed E-state index contributed by atoms with van der Waals surface area (Å²) in [6, 6.07) is 9.03. The Morgan fingerprint density at radius 1 is 0.929 bits per heavy atom. The molecule has 0 aliphatic heterocycles. The molecule has 1 heteroatoms. The molecular weight excluding hydrogens is 170 g/mol. The largest absolute Gasteiger partial charge is 0.309 e. The molecule has 1 nitrogen and oxygen atoms in total. The van der Waals surface area contributed by atoms with E-state index >= 15 is 0 Å². The van der Waals surface area contributed by atoms with Crippen LogP contribution in [0.4, 0.5) is 0 Å². The number of likely N-dealkylation sites (N-methyl/N-ethyl adjacent to an activating group) is 1. The fraction of sp³-hybridized carbons (Fsp3) is 0.538. The molecule has 1 aromatic carbocycles. The highest BCUT2D eigenvalue weighted by Gasteiger charge is 1.95. The van der Waals surface area contributed by atoms with Gasteiger partial charge in [0.1, 0.15) is 0 Å². The average Bonchev–Trinajstić information content (AvgIpc) is 2.17. The Morgan fingerprint density at radius 2 is 1.43 bits per heavy atom. The van der Waals surface area contributed by atoms with Gasteiger partial charge in [0, 0.05) is 6.54 Å². The maximum atomic E-state index is 2.26. The van der Waals surface area contributed by atoms with Crippen molar-refractivity contribution in [1.29, 1.82) is 0 Å². The van der Waals surface area contributed by atoms with Gasteiger partial charge in [-0.2, -0.15) is 0 Å². The minimum absolute atomic E-state index is 1.13. The van der Waals surface area contributed by atoms with E-state index in [2.05, 4.69) is 50.2 Å². The molecule has 0 atom stereocenters. The number of hydrogen-bond acceptors (Lipinski definition) is 1. The maximum absolute atomic E-state index is 2.26. The third kappa shape index (κ3) is 3.93. The molecule has 0 saturated carbocycles. The summed E-state index contributed by atoms with van der Waals surface area (Å²) in [5.41, 5.74) is 2.90. The highest BCUT2D eigenvalue weighted by Crippen LogP contribution is 2.07. The van der Waals surface area contributed by atoms with Crippen molar-refractivity contribution in [1.82, 2.24) is 4.90 Å². The average molecular weight is 191 g/mol. The minimum atomic E-state index is 1.13. The Morgan fingerprint density at radius 3 is 1.86 bits per heavy atom. The van der Waals surface area contributed by atoms with E-state index in [1.165, 1.54) is 24.0 Å². The monoisotopic (exact) mass is 191 g/mol. The lowest BCUT2D eigenvalue weighted by molar-refractivity contribution is 0.413. The molecule has 0 unspecified atom stereocenters. The Kier molecular flexibility index (Phi) is 4.68. The van der Waals surface area contributed by atoms with Gasteiger partial charge >= 0.3 is 0 Å². The summed E-state index contributed by atoms with van der Waals surface area (Å²) in [4.78, 5) is 2.22. The maximum Gasteiger partial charge on any atom is 0.00157 e. The zero-order chi connectivity index (χ0) is 10.4. The second-order valence-electron chi connectivity index (χ2n) is 4.12. The van der Waals surface area contributed by atoms with Crippen LogP contribution in [-0.4, -0.2) is 25.5 Å². The van der Waals surface area contributed by atoms with Gasteiger partial charge in [-0.1, -0.05) is 37.6 Å². The van der Waals surface area contributed by atoms with Crippen molar-refractivity contribution in [3.05, 3.63) is 35.4 Å². The Balaban J connectivity index is 2.46. The minimum Gasteiger partial charge on any atom is -0.309 e. The van der Waals surface area contributed by atoms with Crippen molar-refractivity contribution < 1.29 is 0 Å². The van der Waals surface area contributed by atoms with E-state index in [0.29, 0.717) is 0 Å². The van der Waals surface area contributed by atoms with Crippen LogP contribution >= 0.6 is 0 Å². The van der Waals surface area contributed by atoms with Crippen molar-refractivity contribution in [2.24, 2.45) is 0 Å². The molecular formula is C13H21N. The van der Waals surface area contributed by atoms with E-state index in [0.717, 1.165) is 13.0 Å². The Hall–Kier alpha value is -0.820. The summed E-state index contributed by atoms with van der Waals surface area (Å²) in [6.07, 6.45) is 3.59. The lowest BCUT2D eigenvalue weighted by atomic mass is 10.1. The summed E-state index contributed by atoms with van der Waals surface area (Å²) < 4.78 is 0. The second kappa shape index (κ2) is 5.82. The van der Waals surface area contributed by atoms with Gasteiger partial charge < -0.3 is 4.90 Å². The SMILES string of the molecule is CCCc1ccc(CCN(C)C)cc1. The van der Waals surface area contributed by atoms with Crippen LogP contribution in [0.3, 0.4) is 0 Å². The molecule has 0 aromatic heterocycles. The predicted molar refractivity (Wildman–Crippen MR) is 62.7 cm³/mol. The van der Waals surface area contributed by atoms with Crippen LogP contribution in [0.2, 0.25) is 0 Å². The van der Waals surface area contributed by atoms with E-state index < -0.39 is 0 Å². The zero-order valence-electron chi connectivity index (χ0n) is 9.59. The number of benzene rings is 1. The predicted octanol–water partition coefficient (Wildman–Crippen LogP) is 2.74. The van der Waals surface area contributed by atoms with Gasteiger partial charge in [0.25, 0.3) is 0 Å². The first-order valence-electron chi connectivity index (χ1n) is 5.45. The molecule has 0 saturated heterocycles. The number of hydrogen-bond donors (Lipinski definition) is 0. The molecule has 78 valence electrons. The molecule has 0 spiro atoms. The van der Waals surface area contributed by atoms with Gasteiger partial charge in [-0.05, 0) is 38.1 Å². The summed E-state index contributed by atoms with van der Waals surface area (Å²) in [7, 11) is 4.23. The molecule has 14 heavy (non-hydrogen) atoms. The summed E-state index contributed by atoms with van der Waals surface area (Å²) >= 11 is 0. The Labute approximate surface area is 87.7 Å². The summed E-state index contributed by atoms with van der Waals surface area (Å²) in [5, 5.41) is 0. The van der Waals surface area contributed by atoms with Gasteiger partial charge in [-0.3, -0.25) is 0 Å². The molecule has 1 rings (SSSR count). The topological polar surface area (TPSA) is 3.24 Å². The molecule has 0 fully saturated rings.